The van der Waals surface area contributed by atoms with Gasteiger partial charge in [-0.3, -0.25) is 4.79 Å². The van der Waals surface area contributed by atoms with E-state index in [1.165, 1.54) is 7.11 Å². The summed E-state index contributed by atoms with van der Waals surface area (Å²) in [6.07, 6.45) is 0.810. The van der Waals surface area contributed by atoms with Gasteiger partial charge in [-0.15, -0.1) is 0 Å². The summed E-state index contributed by atoms with van der Waals surface area (Å²) >= 11 is 0. The van der Waals surface area contributed by atoms with Gasteiger partial charge in [0.25, 0.3) is 5.91 Å². The largest absolute Gasteiger partial charge is 0.393 e. The predicted molar refractivity (Wildman–Crippen MR) is 55.0 cm³/mol. The number of ether oxygens (including phenoxy) is 1. The normalized spacial score (nSPS) is 17.2. The van der Waals surface area contributed by atoms with Crippen LogP contribution in [-0.4, -0.2) is 36.4 Å². The summed E-state index contributed by atoms with van der Waals surface area (Å²) in [5.41, 5.74) is -0.751. The molecule has 4 nitrogen and oxygen atoms in total. The molecule has 0 aliphatic carbocycles. The number of amides is 1. The molecule has 0 aliphatic rings. The van der Waals surface area contributed by atoms with Crippen LogP contribution in [-0.2, 0) is 9.53 Å². The van der Waals surface area contributed by atoms with Crippen LogP contribution in [0.15, 0.2) is 0 Å². The van der Waals surface area contributed by atoms with E-state index in [9.17, 15) is 4.79 Å². The molecule has 0 saturated carbocycles. The van der Waals surface area contributed by atoms with Crippen LogP contribution >= 0.6 is 0 Å². The summed E-state index contributed by atoms with van der Waals surface area (Å²) in [7, 11) is 1.53. The van der Waals surface area contributed by atoms with Crippen molar-refractivity contribution in [2.75, 3.05) is 13.7 Å². The molecule has 0 heterocycles. The quantitative estimate of drug-likeness (QED) is 0.667. The maximum absolute atomic E-state index is 11.6. The van der Waals surface area contributed by atoms with Gasteiger partial charge in [0.2, 0.25) is 0 Å². The molecule has 0 bridgehead atoms. The topological polar surface area (TPSA) is 58.6 Å². The van der Waals surface area contributed by atoms with Crippen molar-refractivity contribution in [3.8, 4) is 0 Å². The first kappa shape index (κ1) is 13.4. The average molecular weight is 203 g/mol. The summed E-state index contributed by atoms with van der Waals surface area (Å²) in [5, 5.41) is 11.7. The molecule has 14 heavy (non-hydrogen) atoms. The third kappa shape index (κ3) is 4.07. The van der Waals surface area contributed by atoms with Gasteiger partial charge in [-0.25, -0.2) is 0 Å². The minimum absolute atomic E-state index is 0.122. The summed E-state index contributed by atoms with van der Waals surface area (Å²) in [5.74, 6) is -0.122. The van der Waals surface area contributed by atoms with Crippen molar-refractivity contribution < 1.29 is 14.6 Å². The minimum atomic E-state index is -0.751. The molecule has 0 aromatic carbocycles. The molecule has 0 radical (unpaired) electrons. The van der Waals surface area contributed by atoms with Crippen LogP contribution in [0.25, 0.3) is 0 Å². The van der Waals surface area contributed by atoms with Crippen LogP contribution in [0.5, 0.6) is 0 Å². The zero-order valence-corrected chi connectivity index (χ0v) is 9.46. The number of aliphatic hydroxyl groups excluding tert-OH is 1. The third-order valence-corrected chi connectivity index (χ3v) is 2.45. The molecular weight excluding hydrogens is 182 g/mol. The standard InChI is InChI=1S/C10H21NO3/c1-5-10(3,14-4)9(13)11-7-6-8(2)12/h8,12H,5-7H2,1-4H3,(H,11,13). The summed E-state index contributed by atoms with van der Waals surface area (Å²) < 4.78 is 5.13. The van der Waals surface area contributed by atoms with Crippen LogP contribution in [0.2, 0.25) is 0 Å². The zero-order valence-electron chi connectivity index (χ0n) is 9.46. The van der Waals surface area contributed by atoms with Crippen LogP contribution < -0.4 is 5.32 Å². The van der Waals surface area contributed by atoms with Gasteiger partial charge < -0.3 is 15.2 Å². The Hall–Kier alpha value is -0.610. The molecule has 0 aliphatic heterocycles. The molecular formula is C10H21NO3. The molecule has 84 valence electrons. The fourth-order valence-electron chi connectivity index (χ4n) is 0.979. The van der Waals surface area contributed by atoms with Gasteiger partial charge in [0.05, 0.1) is 6.10 Å². The van der Waals surface area contributed by atoms with Crippen molar-refractivity contribution in [2.24, 2.45) is 0 Å². The first-order chi connectivity index (χ1) is 6.46. The fourth-order valence-corrected chi connectivity index (χ4v) is 0.979. The van der Waals surface area contributed by atoms with Crippen molar-refractivity contribution >= 4 is 5.91 Å². The lowest BCUT2D eigenvalue weighted by atomic mass is 10.0. The Labute approximate surface area is 85.6 Å². The third-order valence-electron chi connectivity index (χ3n) is 2.45. The predicted octanol–water partition coefficient (Wildman–Crippen LogP) is 0.689. The van der Waals surface area contributed by atoms with Gasteiger partial charge >= 0.3 is 0 Å². The molecule has 0 saturated heterocycles. The van der Waals surface area contributed by atoms with Crippen molar-refractivity contribution in [1.82, 2.24) is 5.32 Å². The summed E-state index contributed by atoms with van der Waals surface area (Å²) in [6, 6.07) is 0. The van der Waals surface area contributed by atoms with Gasteiger partial charge in [-0.2, -0.15) is 0 Å². The average Bonchev–Trinajstić information content (AvgIpc) is 2.15. The van der Waals surface area contributed by atoms with E-state index in [1.807, 2.05) is 6.92 Å². The Morgan fingerprint density at radius 2 is 2.21 bits per heavy atom. The van der Waals surface area contributed by atoms with E-state index in [2.05, 4.69) is 5.32 Å². The lowest BCUT2D eigenvalue weighted by molar-refractivity contribution is -0.141. The second-order valence-electron chi connectivity index (χ2n) is 3.68. The van der Waals surface area contributed by atoms with E-state index in [4.69, 9.17) is 9.84 Å². The van der Waals surface area contributed by atoms with Gasteiger partial charge in [0.1, 0.15) is 5.60 Å². The maximum Gasteiger partial charge on any atom is 0.251 e. The SMILES string of the molecule is CCC(C)(OC)C(=O)NCCC(C)O. The highest BCUT2D eigenvalue weighted by atomic mass is 16.5. The smallest absolute Gasteiger partial charge is 0.251 e. The fraction of sp³-hybridized carbons (Fsp3) is 0.900. The molecule has 0 aromatic rings. The Morgan fingerprint density at radius 1 is 1.64 bits per heavy atom. The number of methoxy groups -OCH3 is 1. The van der Waals surface area contributed by atoms with Crippen molar-refractivity contribution in [1.29, 1.82) is 0 Å². The molecule has 4 heteroatoms. The first-order valence-corrected chi connectivity index (χ1v) is 4.97. The van der Waals surface area contributed by atoms with Gasteiger partial charge in [-0.05, 0) is 26.7 Å². The van der Waals surface area contributed by atoms with Crippen LogP contribution in [0.4, 0.5) is 0 Å². The number of carbonyl (C=O) groups excluding carboxylic acids is 1. The number of rotatable bonds is 6. The van der Waals surface area contributed by atoms with E-state index in [1.54, 1.807) is 13.8 Å². The molecule has 2 N–H and O–H groups in total. The Bertz CT molecular complexity index is 176. The molecule has 2 unspecified atom stereocenters. The highest BCUT2D eigenvalue weighted by Gasteiger charge is 2.30. The van der Waals surface area contributed by atoms with E-state index in [0.717, 1.165) is 0 Å². The number of nitrogens with one attached hydrogen (secondary N) is 1. The molecule has 1 amide bonds. The highest BCUT2D eigenvalue weighted by molar-refractivity contribution is 5.84. The number of aliphatic hydroxyl groups is 1. The van der Waals surface area contributed by atoms with E-state index in [0.29, 0.717) is 19.4 Å². The van der Waals surface area contributed by atoms with Gasteiger partial charge in [0, 0.05) is 13.7 Å². The highest BCUT2D eigenvalue weighted by Crippen LogP contribution is 2.13. The second kappa shape index (κ2) is 5.98. The maximum atomic E-state index is 11.6. The lowest BCUT2D eigenvalue weighted by Crippen LogP contribution is -2.46. The zero-order chi connectivity index (χ0) is 11.2. The molecule has 0 spiro atoms. The molecule has 2 atom stereocenters. The van der Waals surface area contributed by atoms with E-state index >= 15 is 0 Å². The summed E-state index contributed by atoms with van der Waals surface area (Å²) in [6.45, 7) is 5.83. The van der Waals surface area contributed by atoms with E-state index in [-0.39, 0.29) is 12.0 Å². The summed E-state index contributed by atoms with van der Waals surface area (Å²) in [4.78, 5) is 11.6. The Kier molecular flexibility index (Phi) is 5.72. The Balaban J connectivity index is 3.94. The van der Waals surface area contributed by atoms with Gasteiger partial charge in [-0.1, -0.05) is 6.92 Å². The van der Waals surface area contributed by atoms with Crippen molar-refractivity contribution in [3.05, 3.63) is 0 Å². The molecule has 0 rings (SSSR count). The molecule has 0 aromatic heterocycles. The number of carbonyl (C=O) groups is 1. The van der Waals surface area contributed by atoms with Crippen molar-refractivity contribution in [2.45, 2.75) is 45.3 Å². The van der Waals surface area contributed by atoms with Crippen LogP contribution in [0.1, 0.15) is 33.6 Å². The second-order valence-corrected chi connectivity index (χ2v) is 3.68. The molecule has 0 fully saturated rings. The number of hydrogen-bond acceptors (Lipinski definition) is 3. The Morgan fingerprint density at radius 3 is 2.57 bits per heavy atom. The minimum Gasteiger partial charge on any atom is -0.393 e. The van der Waals surface area contributed by atoms with Crippen LogP contribution in [0, 0.1) is 0 Å². The monoisotopic (exact) mass is 203 g/mol. The van der Waals surface area contributed by atoms with E-state index < -0.39 is 5.60 Å². The van der Waals surface area contributed by atoms with Gasteiger partial charge in [0.15, 0.2) is 0 Å². The van der Waals surface area contributed by atoms with Crippen molar-refractivity contribution in [3.63, 3.8) is 0 Å². The first-order valence-electron chi connectivity index (χ1n) is 4.97. The van der Waals surface area contributed by atoms with Crippen LogP contribution in [0.3, 0.4) is 0 Å². The lowest BCUT2D eigenvalue weighted by Gasteiger charge is -2.25. The number of hydrogen-bond donors (Lipinski definition) is 2.